The maximum Gasteiger partial charge on any atom is 0.303 e. The number of rotatable bonds is 10. The van der Waals surface area contributed by atoms with Crippen molar-refractivity contribution in [3.8, 4) is 0 Å². The largest absolute Gasteiger partial charge is 0.481 e. The predicted octanol–water partition coefficient (Wildman–Crippen LogP) is 3.44. The highest BCUT2D eigenvalue weighted by Crippen LogP contribution is 2.15. The quantitative estimate of drug-likeness (QED) is 0.282. The van der Waals surface area contributed by atoms with Gasteiger partial charge in [0.05, 0.1) is 13.2 Å². The van der Waals surface area contributed by atoms with E-state index in [9.17, 15) is 9.59 Å². The Hall–Kier alpha value is -1.22. The van der Waals surface area contributed by atoms with Crippen LogP contribution in [0.15, 0.2) is 0 Å². The molecule has 1 saturated carbocycles. The number of hydrogen-bond donors (Lipinski definition) is 6. The number of unbranched alkanes of at least 4 members (excludes halogenated alkanes) is 4. The van der Waals surface area contributed by atoms with Gasteiger partial charge in [0.25, 0.3) is 0 Å². The van der Waals surface area contributed by atoms with E-state index in [1.165, 1.54) is 38.5 Å². The van der Waals surface area contributed by atoms with Crippen LogP contribution in [-0.2, 0) is 9.59 Å². The summed E-state index contributed by atoms with van der Waals surface area (Å²) in [7, 11) is 2.00. The molecule has 0 aliphatic heterocycles. The molecule has 184 valence electrons. The molecule has 0 radical (unpaired) electrons. The molecule has 6 N–H and O–H groups in total. The molecule has 0 aromatic heterocycles. The molecule has 1 aliphatic rings. The summed E-state index contributed by atoms with van der Waals surface area (Å²) < 4.78 is 0. The fourth-order valence-electron chi connectivity index (χ4n) is 2.19. The molecule has 0 saturated heterocycles. The minimum absolute atomic E-state index is 0.0451. The van der Waals surface area contributed by atoms with Crippen LogP contribution in [0, 0.1) is 5.41 Å². The van der Waals surface area contributed by atoms with Crippen LogP contribution >= 0.6 is 0 Å². The zero-order valence-corrected chi connectivity index (χ0v) is 19.6. The molecule has 0 atom stereocenters. The van der Waals surface area contributed by atoms with Crippen molar-refractivity contribution in [3.63, 3.8) is 0 Å². The minimum atomic E-state index is -0.759. The lowest BCUT2D eigenvalue weighted by atomic mass is 9.97. The van der Waals surface area contributed by atoms with E-state index in [0.717, 1.165) is 33.5 Å². The van der Waals surface area contributed by atoms with E-state index < -0.39 is 11.9 Å². The maximum atomic E-state index is 10.1. The fraction of sp³-hybridized carbons (Fsp3) is 0.909. The number of aliphatic hydroxyl groups excluding tert-OH is 4. The number of carboxylic acids is 2. The lowest BCUT2D eigenvalue weighted by molar-refractivity contribution is -0.138. The number of carbonyl (C=O) groups is 2. The summed E-state index contributed by atoms with van der Waals surface area (Å²) in [6, 6.07) is 0. The molecule has 8 heteroatoms. The molecule has 30 heavy (non-hydrogen) atoms. The summed E-state index contributed by atoms with van der Waals surface area (Å²) in [6.45, 7) is 3.69. The van der Waals surface area contributed by atoms with Gasteiger partial charge in [-0.3, -0.25) is 9.59 Å². The lowest BCUT2D eigenvalue weighted by Crippen LogP contribution is -2.20. The average Bonchev–Trinajstić information content (AvgIpc) is 2.77. The van der Waals surface area contributed by atoms with Gasteiger partial charge in [-0.05, 0) is 12.8 Å². The molecule has 0 unspecified atom stereocenters. The standard InChI is InChI=1S/C9H16O4.C6H12.C5H12O2.2CH4O/c10-8(11)6-4-2-1-3-5-7-9(12)13;1-2-4-6-5-3-1;1-5(2,3-6)4-7;2*1-2/h1-7H2,(H,10,11)(H,12,13);1-6H2;6-7H,3-4H2,1-2H3;2*2H,1H3. The van der Waals surface area contributed by atoms with E-state index >= 15 is 0 Å². The molecule has 0 aromatic carbocycles. The highest BCUT2D eigenvalue weighted by atomic mass is 16.4. The van der Waals surface area contributed by atoms with Crippen LogP contribution in [0.1, 0.15) is 97.3 Å². The van der Waals surface area contributed by atoms with Crippen LogP contribution in [0.2, 0.25) is 0 Å². The summed E-state index contributed by atoms with van der Waals surface area (Å²) >= 11 is 0. The second kappa shape index (κ2) is 30.0. The van der Waals surface area contributed by atoms with E-state index in [-0.39, 0.29) is 31.5 Å². The van der Waals surface area contributed by atoms with Gasteiger partial charge >= 0.3 is 11.9 Å². The highest BCUT2D eigenvalue weighted by Gasteiger charge is 2.13. The molecule has 0 amide bonds. The Morgan fingerprint density at radius 2 is 0.833 bits per heavy atom. The second-order valence-corrected chi connectivity index (χ2v) is 7.66. The third-order valence-corrected chi connectivity index (χ3v) is 4.14. The molecular formula is C22H48O8. The number of carboxylic acid groups (broad SMARTS) is 2. The van der Waals surface area contributed by atoms with Gasteiger partial charge in [-0.1, -0.05) is 71.6 Å². The average molecular weight is 441 g/mol. The van der Waals surface area contributed by atoms with Gasteiger partial charge in [-0.2, -0.15) is 0 Å². The summed E-state index contributed by atoms with van der Waals surface area (Å²) in [5.41, 5.74) is -0.306. The van der Waals surface area contributed by atoms with Crippen molar-refractivity contribution in [3.05, 3.63) is 0 Å². The van der Waals surface area contributed by atoms with Crippen LogP contribution in [0.25, 0.3) is 0 Å². The topological polar surface area (TPSA) is 156 Å². The van der Waals surface area contributed by atoms with Crippen molar-refractivity contribution in [2.24, 2.45) is 5.41 Å². The SMILES string of the molecule is C1CCCCC1.CC(C)(CO)CO.CO.CO.O=C(O)CCCCCCCC(=O)O. The Morgan fingerprint density at radius 1 is 0.600 bits per heavy atom. The Labute approximate surface area is 183 Å². The first-order valence-electron chi connectivity index (χ1n) is 10.8. The molecule has 1 rings (SSSR count). The third kappa shape index (κ3) is 41.2. The summed E-state index contributed by atoms with van der Waals surface area (Å²) in [6.07, 6.45) is 13.5. The first-order valence-corrected chi connectivity index (χ1v) is 10.8. The van der Waals surface area contributed by atoms with Crippen molar-refractivity contribution < 1.29 is 40.2 Å². The first kappa shape index (κ1) is 36.2. The van der Waals surface area contributed by atoms with Gasteiger partial charge in [0, 0.05) is 32.5 Å². The van der Waals surface area contributed by atoms with Gasteiger partial charge in [-0.25, -0.2) is 0 Å². The molecule has 0 bridgehead atoms. The van der Waals surface area contributed by atoms with E-state index in [4.69, 9.17) is 30.6 Å². The number of hydrogen-bond acceptors (Lipinski definition) is 6. The van der Waals surface area contributed by atoms with Crippen molar-refractivity contribution in [2.75, 3.05) is 27.4 Å². The van der Waals surface area contributed by atoms with Crippen molar-refractivity contribution >= 4 is 11.9 Å². The monoisotopic (exact) mass is 440 g/mol. The molecule has 0 spiro atoms. The van der Waals surface area contributed by atoms with Crippen LogP contribution in [-0.4, -0.2) is 70.0 Å². The molecule has 0 heterocycles. The summed E-state index contributed by atoms with van der Waals surface area (Å²) in [5.74, 6) is -1.52. The van der Waals surface area contributed by atoms with E-state index in [0.29, 0.717) is 12.8 Å². The molecular weight excluding hydrogens is 392 g/mol. The Morgan fingerprint density at radius 3 is 1.00 bits per heavy atom. The molecule has 8 nitrogen and oxygen atoms in total. The van der Waals surface area contributed by atoms with Crippen LogP contribution in [0.5, 0.6) is 0 Å². The third-order valence-electron chi connectivity index (χ3n) is 4.14. The number of aliphatic hydroxyl groups is 4. The second-order valence-electron chi connectivity index (χ2n) is 7.66. The zero-order valence-electron chi connectivity index (χ0n) is 19.6. The molecule has 1 aliphatic carbocycles. The summed E-state index contributed by atoms with van der Waals surface area (Å²) in [4.78, 5) is 20.2. The van der Waals surface area contributed by atoms with Crippen LogP contribution in [0.4, 0.5) is 0 Å². The Bertz CT molecular complexity index is 307. The molecule has 1 fully saturated rings. The van der Waals surface area contributed by atoms with Gasteiger partial charge in [-0.15, -0.1) is 0 Å². The van der Waals surface area contributed by atoms with E-state index in [1.54, 1.807) is 13.8 Å². The van der Waals surface area contributed by atoms with Crippen LogP contribution < -0.4 is 0 Å². The minimum Gasteiger partial charge on any atom is -0.481 e. The smallest absolute Gasteiger partial charge is 0.303 e. The summed E-state index contributed by atoms with van der Waals surface area (Å²) in [5, 5.41) is 47.5. The fourth-order valence-corrected chi connectivity index (χ4v) is 2.19. The zero-order chi connectivity index (χ0) is 24.3. The Kier molecular flexibility index (Phi) is 36.1. The van der Waals surface area contributed by atoms with E-state index in [1.807, 2.05) is 0 Å². The van der Waals surface area contributed by atoms with Crippen molar-refractivity contribution in [1.29, 1.82) is 0 Å². The maximum absolute atomic E-state index is 10.1. The van der Waals surface area contributed by atoms with Gasteiger partial charge < -0.3 is 30.6 Å². The highest BCUT2D eigenvalue weighted by molar-refractivity contribution is 5.66. The first-order chi connectivity index (χ1) is 14.2. The molecule has 0 aromatic rings. The van der Waals surface area contributed by atoms with Gasteiger partial charge in [0.1, 0.15) is 0 Å². The predicted molar refractivity (Wildman–Crippen MR) is 120 cm³/mol. The van der Waals surface area contributed by atoms with Crippen LogP contribution in [0.3, 0.4) is 0 Å². The number of aliphatic carboxylic acids is 2. The lowest BCUT2D eigenvalue weighted by Gasteiger charge is -2.16. The van der Waals surface area contributed by atoms with E-state index in [2.05, 4.69) is 0 Å². The van der Waals surface area contributed by atoms with Crippen molar-refractivity contribution in [1.82, 2.24) is 0 Å². The Balaban J connectivity index is -0.000000167. The van der Waals surface area contributed by atoms with Gasteiger partial charge in [0.15, 0.2) is 0 Å². The normalized spacial score (nSPS) is 12.3. The van der Waals surface area contributed by atoms with Gasteiger partial charge in [0.2, 0.25) is 0 Å². The van der Waals surface area contributed by atoms with Crippen molar-refractivity contribution in [2.45, 2.75) is 97.3 Å².